The number of aromatic nitrogens is 1. The number of hydrogen-bond donors (Lipinski definition) is 0. The van der Waals surface area contributed by atoms with Crippen molar-refractivity contribution < 1.29 is 19.0 Å². The highest BCUT2D eigenvalue weighted by Gasteiger charge is 2.26. The molecule has 1 fully saturated rings. The van der Waals surface area contributed by atoms with Crippen molar-refractivity contribution in [3.05, 3.63) is 58.4 Å². The summed E-state index contributed by atoms with van der Waals surface area (Å²) in [5.74, 6) is 1.84. The van der Waals surface area contributed by atoms with Gasteiger partial charge in [-0.05, 0) is 24.3 Å². The number of piperazine rings is 1. The molecule has 0 N–H and O–H groups in total. The van der Waals surface area contributed by atoms with E-state index in [1.165, 1.54) is 0 Å². The largest absolute Gasteiger partial charge is 0.497 e. The lowest BCUT2D eigenvalue weighted by Gasteiger charge is -2.34. The van der Waals surface area contributed by atoms with Crippen molar-refractivity contribution in [3.63, 3.8) is 0 Å². The highest BCUT2D eigenvalue weighted by molar-refractivity contribution is 7.09. The number of benzene rings is 2. The van der Waals surface area contributed by atoms with E-state index in [2.05, 4.69) is 10.3 Å². The molecule has 0 spiro atoms. The maximum Gasteiger partial charge on any atom is 0.257 e. The second kappa shape index (κ2) is 10.0. The van der Waals surface area contributed by atoms with Gasteiger partial charge in [-0.15, -0.1) is 11.3 Å². The molecule has 1 aromatic heterocycles. The van der Waals surface area contributed by atoms with Crippen molar-refractivity contribution in [2.24, 2.45) is 0 Å². The summed E-state index contributed by atoms with van der Waals surface area (Å²) in [6, 6.07) is 13.3. The molecule has 1 aliphatic rings. The monoisotopic (exact) mass is 453 g/mol. The molecule has 0 aliphatic carbocycles. The van der Waals surface area contributed by atoms with Crippen LogP contribution in [0, 0.1) is 0 Å². The van der Waals surface area contributed by atoms with E-state index in [4.69, 9.17) is 19.2 Å². The van der Waals surface area contributed by atoms with Gasteiger partial charge in [-0.3, -0.25) is 9.69 Å². The average molecular weight is 454 g/mol. The lowest BCUT2D eigenvalue weighted by atomic mass is 10.1. The minimum Gasteiger partial charge on any atom is -0.497 e. The van der Waals surface area contributed by atoms with Gasteiger partial charge in [0.2, 0.25) is 0 Å². The number of rotatable bonds is 7. The standard InChI is InChI=1S/C24H27N3O4S/c1-29-18-7-4-6-17(14-18)20-16-32-22(25-20)15-26-10-12-27(13-11-26)24(28)19-8-5-9-21(30-2)23(19)31-3/h4-9,14,16H,10-13,15H2,1-3H3. The molecule has 0 unspecified atom stereocenters. The topological polar surface area (TPSA) is 64.1 Å². The molecule has 1 aliphatic heterocycles. The normalized spacial score (nSPS) is 14.3. The zero-order valence-electron chi connectivity index (χ0n) is 18.5. The predicted octanol–water partition coefficient (Wildman–Crippen LogP) is 3.79. The Kier molecular flexibility index (Phi) is 6.92. The summed E-state index contributed by atoms with van der Waals surface area (Å²) in [5, 5.41) is 3.15. The molecule has 1 saturated heterocycles. The predicted molar refractivity (Wildman–Crippen MR) is 125 cm³/mol. The Labute approximate surface area is 192 Å². The lowest BCUT2D eigenvalue weighted by Crippen LogP contribution is -2.48. The first-order valence-corrected chi connectivity index (χ1v) is 11.3. The average Bonchev–Trinajstić information content (AvgIpc) is 3.32. The summed E-state index contributed by atoms with van der Waals surface area (Å²) >= 11 is 1.66. The van der Waals surface area contributed by atoms with Crippen LogP contribution in [-0.2, 0) is 6.54 Å². The zero-order valence-corrected chi connectivity index (χ0v) is 19.4. The zero-order chi connectivity index (χ0) is 22.5. The molecule has 0 bridgehead atoms. The molecule has 0 radical (unpaired) electrons. The van der Waals surface area contributed by atoms with Gasteiger partial charge in [0.15, 0.2) is 11.5 Å². The lowest BCUT2D eigenvalue weighted by molar-refractivity contribution is 0.0624. The molecular formula is C24H27N3O4S. The summed E-state index contributed by atoms with van der Waals surface area (Å²) < 4.78 is 16.1. The summed E-state index contributed by atoms with van der Waals surface area (Å²) in [4.78, 5) is 22.1. The van der Waals surface area contributed by atoms with Crippen LogP contribution in [0.4, 0.5) is 0 Å². The maximum atomic E-state index is 13.1. The van der Waals surface area contributed by atoms with Crippen molar-refractivity contribution in [2.75, 3.05) is 47.5 Å². The van der Waals surface area contributed by atoms with Crippen molar-refractivity contribution in [3.8, 4) is 28.5 Å². The Morgan fingerprint density at radius 1 is 1.00 bits per heavy atom. The quantitative estimate of drug-likeness (QED) is 0.542. The first kappa shape index (κ1) is 22.1. The van der Waals surface area contributed by atoms with Crippen LogP contribution in [0.5, 0.6) is 17.2 Å². The SMILES string of the molecule is COc1cccc(-c2csc(CN3CCN(C(=O)c4cccc(OC)c4OC)CC3)n2)c1. The number of nitrogens with zero attached hydrogens (tertiary/aromatic N) is 3. The number of carbonyl (C=O) groups excluding carboxylic acids is 1. The fourth-order valence-electron chi connectivity index (χ4n) is 3.82. The molecule has 8 heteroatoms. The molecule has 0 saturated carbocycles. The van der Waals surface area contributed by atoms with Gasteiger partial charge in [-0.25, -0.2) is 4.98 Å². The molecule has 4 rings (SSSR count). The van der Waals surface area contributed by atoms with Crippen LogP contribution in [0.15, 0.2) is 47.8 Å². The highest BCUT2D eigenvalue weighted by Crippen LogP contribution is 2.32. The van der Waals surface area contributed by atoms with Gasteiger partial charge in [0, 0.05) is 37.1 Å². The van der Waals surface area contributed by atoms with Gasteiger partial charge < -0.3 is 19.1 Å². The fraction of sp³-hybridized carbons (Fsp3) is 0.333. The number of hydrogen-bond acceptors (Lipinski definition) is 7. The Hall–Kier alpha value is -3.10. The maximum absolute atomic E-state index is 13.1. The Morgan fingerprint density at radius 2 is 1.78 bits per heavy atom. The van der Waals surface area contributed by atoms with Gasteiger partial charge in [0.1, 0.15) is 10.8 Å². The smallest absolute Gasteiger partial charge is 0.257 e. The summed E-state index contributed by atoms with van der Waals surface area (Å²) in [5.41, 5.74) is 2.54. The third kappa shape index (κ3) is 4.71. The molecule has 7 nitrogen and oxygen atoms in total. The molecule has 3 aromatic rings. The van der Waals surface area contributed by atoms with E-state index in [1.54, 1.807) is 44.8 Å². The number of thiazole rings is 1. The van der Waals surface area contributed by atoms with Crippen LogP contribution in [0.25, 0.3) is 11.3 Å². The number of amides is 1. The first-order chi connectivity index (χ1) is 15.6. The van der Waals surface area contributed by atoms with Crippen LogP contribution < -0.4 is 14.2 Å². The van der Waals surface area contributed by atoms with Gasteiger partial charge in [-0.1, -0.05) is 18.2 Å². The number of para-hydroxylation sites is 1. The molecule has 1 amide bonds. The number of carbonyl (C=O) groups is 1. The van der Waals surface area contributed by atoms with Gasteiger partial charge in [0.25, 0.3) is 5.91 Å². The van der Waals surface area contributed by atoms with E-state index >= 15 is 0 Å². The van der Waals surface area contributed by atoms with E-state index in [-0.39, 0.29) is 5.91 Å². The highest BCUT2D eigenvalue weighted by atomic mass is 32.1. The van der Waals surface area contributed by atoms with E-state index in [1.807, 2.05) is 35.2 Å². The number of ether oxygens (including phenoxy) is 3. The van der Waals surface area contributed by atoms with E-state index in [0.29, 0.717) is 30.2 Å². The van der Waals surface area contributed by atoms with Gasteiger partial charge >= 0.3 is 0 Å². The minimum absolute atomic E-state index is 0.0324. The third-order valence-corrected chi connectivity index (χ3v) is 6.40. The molecule has 2 aromatic carbocycles. The Morgan fingerprint density at radius 3 is 2.50 bits per heavy atom. The summed E-state index contributed by atoms with van der Waals surface area (Å²) in [7, 11) is 4.80. The molecular weight excluding hydrogens is 426 g/mol. The first-order valence-electron chi connectivity index (χ1n) is 10.4. The fourth-order valence-corrected chi connectivity index (χ4v) is 4.67. The van der Waals surface area contributed by atoms with Crippen molar-refractivity contribution in [2.45, 2.75) is 6.54 Å². The van der Waals surface area contributed by atoms with E-state index in [9.17, 15) is 4.79 Å². The Bertz CT molecular complexity index is 1080. The van der Waals surface area contributed by atoms with Crippen LogP contribution in [0.2, 0.25) is 0 Å². The van der Waals surface area contributed by atoms with Crippen molar-refractivity contribution in [1.82, 2.24) is 14.8 Å². The van der Waals surface area contributed by atoms with Crippen LogP contribution >= 0.6 is 11.3 Å². The second-order valence-electron chi connectivity index (χ2n) is 7.47. The van der Waals surface area contributed by atoms with Gasteiger partial charge in [0.05, 0.1) is 39.1 Å². The number of methoxy groups -OCH3 is 3. The van der Waals surface area contributed by atoms with E-state index in [0.717, 1.165) is 41.6 Å². The minimum atomic E-state index is -0.0324. The third-order valence-electron chi connectivity index (χ3n) is 5.57. The molecule has 32 heavy (non-hydrogen) atoms. The molecule has 168 valence electrons. The van der Waals surface area contributed by atoms with E-state index < -0.39 is 0 Å². The summed E-state index contributed by atoms with van der Waals surface area (Å²) in [6.07, 6.45) is 0. The van der Waals surface area contributed by atoms with Crippen LogP contribution in [-0.4, -0.2) is 68.2 Å². The van der Waals surface area contributed by atoms with Crippen LogP contribution in [0.1, 0.15) is 15.4 Å². The second-order valence-corrected chi connectivity index (χ2v) is 8.41. The van der Waals surface area contributed by atoms with Crippen molar-refractivity contribution >= 4 is 17.2 Å². The van der Waals surface area contributed by atoms with Crippen molar-refractivity contribution in [1.29, 1.82) is 0 Å². The Balaban J connectivity index is 1.37. The molecule has 2 heterocycles. The van der Waals surface area contributed by atoms with Crippen LogP contribution in [0.3, 0.4) is 0 Å². The van der Waals surface area contributed by atoms with Gasteiger partial charge in [-0.2, -0.15) is 0 Å². The molecule has 0 atom stereocenters. The summed E-state index contributed by atoms with van der Waals surface area (Å²) in [6.45, 7) is 3.69.